The molecule has 0 fully saturated rings. The molecule has 0 aromatic heterocycles. The van der Waals surface area contributed by atoms with Crippen molar-refractivity contribution >= 4 is 27.6 Å². The first-order chi connectivity index (χ1) is 10.9. The zero-order valence-corrected chi connectivity index (χ0v) is 15.4. The molecule has 0 atom stereocenters. The number of nitrogens with zero attached hydrogens (tertiary/aromatic N) is 1. The quantitative estimate of drug-likeness (QED) is 0.546. The third-order valence-corrected chi connectivity index (χ3v) is 4.53. The van der Waals surface area contributed by atoms with Crippen LogP contribution in [0, 0.1) is 5.82 Å². The number of thioether (sulfide) groups is 1. The Kier molecular flexibility index (Phi) is 8.40. The molecule has 0 aliphatic heterocycles. The Morgan fingerprint density at radius 1 is 1.30 bits per heavy atom. The van der Waals surface area contributed by atoms with Gasteiger partial charge in [-0.3, -0.25) is 0 Å². The maximum atomic E-state index is 13.3. The van der Waals surface area contributed by atoms with Crippen molar-refractivity contribution in [3.8, 4) is 0 Å². The molecule has 8 heteroatoms. The van der Waals surface area contributed by atoms with Crippen LogP contribution in [0.4, 0.5) is 4.39 Å². The normalized spacial score (nSPS) is 12.3. The molecule has 0 saturated heterocycles. The van der Waals surface area contributed by atoms with Crippen LogP contribution in [0.25, 0.3) is 0 Å². The molecule has 0 bridgehead atoms. The zero-order chi connectivity index (χ0) is 17.3. The van der Waals surface area contributed by atoms with E-state index in [0.717, 1.165) is 16.9 Å². The van der Waals surface area contributed by atoms with E-state index < -0.39 is 9.84 Å². The van der Waals surface area contributed by atoms with Crippen molar-refractivity contribution in [3.63, 3.8) is 0 Å². The second kappa shape index (κ2) is 9.77. The molecule has 5 nitrogen and oxygen atoms in total. The number of guanidine groups is 1. The lowest BCUT2D eigenvalue weighted by molar-refractivity contribution is 0.600. The topological polar surface area (TPSA) is 70.6 Å². The highest BCUT2D eigenvalue weighted by atomic mass is 32.2. The number of nitrogens with one attached hydrogen (secondary N) is 2. The minimum atomic E-state index is -3.01. The SMILES string of the molecule is CCNC(=NCc1ccc(F)cc1CSC)NCCS(C)(=O)=O. The number of rotatable bonds is 8. The van der Waals surface area contributed by atoms with E-state index in [-0.39, 0.29) is 11.6 Å². The summed E-state index contributed by atoms with van der Waals surface area (Å²) < 4.78 is 35.7. The van der Waals surface area contributed by atoms with Crippen molar-refractivity contribution in [2.75, 3.05) is 31.4 Å². The number of hydrogen-bond acceptors (Lipinski definition) is 4. The van der Waals surface area contributed by atoms with E-state index in [1.807, 2.05) is 13.2 Å². The molecule has 0 saturated carbocycles. The lowest BCUT2D eigenvalue weighted by Crippen LogP contribution is -2.39. The Hall–Kier alpha value is -1.28. The van der Waals surface area contributed by atoms with Crippen LogP contribution in [0.3, 0.4) is 0 Å². The average Bonchev–Trinajstić information content (AvgIpc) is 2.45. The first-order valence-electron chi connectivity index (χ1n) is 7.32. The molecular formula is C15H24FN3O2S2. The fourth-order valence-electron chi connectivity index (χ4n) is 1.90. The summed E-state index contributed by atoms with van der Waals surface area (Å²) >= 11 is 1.63. The molecule has 0 aliphatic rings. The predicted octanol–water partition coefficient (Wildman–Crippen LogP) is 1.79. The molecule has 130 valence electrons. The minimum absolute atomic E-state index is 0.0473. The largest absolute Gasteiger partial charge is 0.357 e. The molecule has 0 heterocycles. The fraction of sp³-hybridized carbons (Fsp3) is 0.533. The van der Waals surface area contributed by atoms with E-state index >= 15 is 0 Å². The van der Waals surface area contributed by atoms with E-state index in [0.29, 0.717) is 25.6 Å². The number of hydrogen-bond donors (Lipinski definition) is 2. The van der Waals surface area contributed by atoms with E-state index in [9.17, 15) is 12.8 Å². The molecule has 23 heavy (non-hydrogen) atoms. The van der Waals surface area contributed by atoms with Crippen LogP contribution >= 0.6 is 11.8 Å². The summed E-state index contributed by atoms with van der Waals surface area (Å²) in [6.07, 6.45) is 3.17. The first kappa shape index (κ1) is 19.8. The van der Waals surface area contributed by atoms with Crippen molar-refractivity contribution in [1.29, 1.82) is 0 Å². The Morgan fingerprint density at radius 3 is 2.65 bits per heavy atom. The molecule has 0 unspecified atom stereocenters. The van der Waals surface area contributed by atoms with E-state index in [1.165, 1.54) is 18.4 Å². The van der Waals surface area contributed by atoms with Crippen LogP contribution in [0.5, 0.6) is 0 Å². The molecule has 0 spiro atoms. The van der Waals surface area contributed by atoms with Crippen LogP contribution < -0.4 is 10.6 Å². The van der Waals surface area contributed by atoms with Crippen molar-refractivity contribution in [1.82, 2.24) is 10.6 Å². The highest BCUT2D eigenvalue weighted by molar-refractivity contribution is 7.97. The van der Waals surface area contributed by atoms with Crippen LogP contribution in [0.1, 0.15) is 18.1 Å². The Labute approximate surface area is 142 Å². The van der Waals surface area contributed by atoms with Gasteiger partial charge in [-0.2, -0.15) is 11.8 Å². The number of benzene rings is 1. The summed E-state index contributed by atoms with van der Waals surface area (Å²) in [5.41, 5.74) is 1.88. The molecular weight excluding hydrogens is 337 g/mol. The zero-order valence-electron chi connectivity index (χ0n) is 13.7. The van der Waals surface area contributed by atoms with Crippen LogP contribution in [-0.4, -0.2) is 45.7 Å². The standard InChI is InChI=1S/C15H24FN3O2S2/c1-4-17-15(18-7-8-23(3,20)21)19-10-12-5-6-14(16)9-13(12)11-22-2/h5-6,9H,4,7-8,10-11H2,1-3H3,(H2,17,18,19). The van der Waals surface area contributed by atoms with Crippen molar-refractivity contribution < 1.29 is 12.8 Å². The Bertz CT molecular complexity index is 634. The van der Waals surface area contributed by atoms with Gasteiger partial charge in [-0.25, -0.2) is 17.8 Å². The maximum Gasteiger partial charge on any atom is 0.191 e. The van der Waals surface area contributed by atoms with Crippen molar-refractivity contribution in [2.45, 2.75) is 19.2 Å². The molecule has 1 aromatic carbocycles. The molecule has 0 radical (unpaired) electrons. The van der Waals surface area contributed by atoms with E-state index in [4.69, 9.17) is 0 Å². The average molecular weight is 362 g/mol. The van der Waals surface area contributed by atoms with E-state index in [2.05, 4.69) is 15.6 Å². The van der Waals surface area contributed by atoms with Gasteiger partial charge in [-0.15, -0.1) is 0 Å². The Balaban J connectivity index is 2.76. The molecule has 0 aliphatic carbocycles. The van der Waals surface area contributed by atoms with Gasteiger partial charge < -0.3 is 10.6 Å². The van der Waals surface area contributed by atoms with Gasteiger partial charge in [0.25, 0.3) is 0 Å². The second-order valence-corrected chi connectivity index (χ2v) is 8.22. The summed E-state index contributed by atoms with van der Waals surface area (Å²) in [5.74, 6) is 1.07. The third kappa shape index (κ3) is 8.22. The number of aliphatic imine (C=N–C) groups is 1. The summed E-state index contributed by atoms with van der Waals surface area (Å²) in [7, 11) is -3.01. The smallest absolute Gasteiger partial charge is 0.191 e. The summed E-state index contributed by atoms with van der Waals surface area (Å²) in [6, 6.07) is 4.70. The molecule has 0 amide bonds. The van der Waals surface area contributed by atoms with Gasteiger partial charge in [0.2, 0.25) is 0 Å². The van der Waals surface area contributed by atoms with Crippen LogP contribution in [-0.2, 0) is 22.1 Å². The van der Waals surface area contributed by atoms with Gasteiger partial charge in [0, 0.05) is 25.1 Å². The summed E-state index contributed by atoms with van der Waals surface area (Å²) in [6.45, 7) is 3.31. The Morgan fingerprint density at radius 2 is 2.04 bits per heavy atom. The summed E-state index contributed by atoms with van der Waals surface area (Å²) in [4.78, 5) is 4.44. The first-order valence-corrected chi connectivity index (χ1v) is 10.8. The van der Waals surface area contributed by atoms with Crippen LogP contribution in [0.2, 0.25) is 0 Å². The predicted molar refractivity (Wildman–Crippen MR) is 96.1 cm³/mol. The fourth-order valence-corrected chi connectivity index (χ4v) is 2.95. The van der Waals surface area contributed by atoms with Gasteiger partial charge in [0.05, 0.1) is 12.3 Å². The summed E-state index contributed by atoms with van der Waals surface area (Å²) in [5, 5.41) is 6.06. The highest BCUT2D eigenvalue weighted by Gasteiger charge is 2.06. The number of sulfone groups is 1. The molecule has 2 N–H and O–H groups in total. The minimum Gasteiger partial charge on any atom is -0.357 e. The van der Waals surface area contributed by atoms with Gasteiger partial charge >= 0.3 is 0 Å². The van der Waals surface area contributed by atoms with E-state index in [1.54, 1.807) is 17.8 Å². The lowest BCUT2D eigenvalue weighted by atomic mass is 10.1. The van der Waals surface area contributed by atoms with Crippen molar-refractivity contribution in [2.24, 2.45) is 4.99 Å². The highest BCUT2D eigenvalue weighted by Crippen LogP contribution is 2.17. The molecule has 1 aromatic rings. The second-order valence-electron chi connectivity index (χ2n) is 5.10. The van der Waals surface area contributed by atoms with Gasteiger partial charge in [0.15, 0.2) is 5.96 Å². The third-order valence-electron chi connectivity index (χ3n) is 2.99. The van der Waals surface area contributed by atoms with Crippen LogP contribution in [0.15, 0.2) is 23.2 Å². The lowest BCUT2D eigenvalue weighted by Gasteiger charge is -2.12. The van der Waals surface area contributed by atoms with Crippen molar-refractivity contribution in [3.05, 3.63) is 35.1 Å². The maximum absolute atomic E-state index is 13.3. The monoisotopic (exact) mass is 361 g/mol. The van der Waals surface area contributed by atoms with Gasteiger partial charge in [-0.05, 0) is 36.4 Å². The number of halogens is 1. The molecule has 1 rings (SSSR count). The van der Waals surface area contributed by atoms with Gasteiger partial charge in [0.1, 0.15) is 15.7 Å². The van der Waals surface area contributed by atoms with Gasteiger partial charge in [-0.1, -0.05) is 6.07 Å².